The minimum atomic E-state index is 0.116. The average molecular weight is 283 g/mol. The maximum atomic E-state index is 6.09. The van der Waals surface area contributed by atoms with Crippen molar-refractivity contribution in [1.29, 1.82) is 0 Å². The minimum Gasteiger partial charge on any atom is -0.457 e. The predicted octanol–water partition coefficient (Wildman–Crippen LogP) is 4.67. The highest BCUT2D eigenvalue weighted by molar-refractivity contribution is 5.40. The van der Waals surface area contributed by atoms with Crippen LogP contribution in [0.5, 0.6) is 11.5 Å². The number of ether oxygens (including phenoxy) is 1. The summed E-state index contributed by atoms with van der Waals surface area (Å²) in [5, 5.41) is 0. The van der Waals surface area contributed by atoms with E-state index in [-0.39, 0.29) is 11.5 Å². The molecule has 2 N–H and O–H groups in total. The molecule has 0 saturated carbocycles. The zero-order chi connectivity index (χ0) is 15.5. The molecule has 0 spiro atoms. The molecule has 0 bridgehead atoms. The SMILES string of the molecule is CC(N)Cc1ccccc1Oc1cccc(C(C)(C)C)c1. The molecule has 2 aromatic rings. The van der Waals surface area contributed by atoms with Crippen LogP contribution in [-0.2, 0) is 11.8 Å². The summed E-state index contributed by atoms with van der Waals surface area (Å²) in [6.45, 7) is 8.62. The van der Waals surface area contributed by atoms with Crippen LogP contribution in [-0.4, -0.2) is 6.04 Å². The summed E-state index contributed by atoms with van der Waals surface area (Å²) in [5.74, 6) is 1.76. The van der Waals surface area contributed by atoms with Crippen LogP contribution >= 0.6 is 0 Å². The van der Waals surface area contributed by atoms with Crippen LogP contribution in [0.3, 0.4) is 0 Å². The third kappa shape index (κ3) is 4.33. The second-order valence-electron chi connectivity index (χ2n) is 6.67. The second kappa shape index (κ2) is 6.31. The highest BCUT2D eigenvalue weighted by Crippen LogP contribution is 2.30. The lowest BCUT2D eigenvalue weighted by atomic mass is 9.87. The molecule has 112 valence electrons. The normalized spacial score (nSPS) is 13.0. The summed E-state index contributed by atoms with van der Waals surface area (Å²) in [6, 6.07) is 16.5. The molecule has 0 aliphatic carbocycles. The Morgan fingerprint density at radius 3 is 2.43 bits per heavy atom. The quantitative estimate of drug-likeness (QED) is 0.885. The van der Waals surface area contributed by atoms with Gasteiger partial charge in [-0.3, -0.25) is 0 Å². The van der Waals surface area contributed by atoms with Crippen molar-refractivity contribution in [3.05, 3.63) is 59.7 Å². The summed E-state index contributed by atoms with van der Waals surface area (Å²) >= 11 is 0. The van der Waals surface area contributed by atoms with E-state index in [1.54, 1.807) is 0 Å². The number of nitrogens with two attached hydrogens (primary N) is 1. The van der Waals surface area contributed by atoms with Gasteiger partial charge in [0.15, 0.2) is 0 Å². The lowest BCUT2D eigenvalue weighted by molar-refractivity contribution is 0.470. The lowest BCUT2D eigenvalue weighted by Gasteiger charge is -2.20. The molecule has 0 aromatic heterocycles. The van der Waals surface area contributed by atoms with E-state index >= 15 is 0 Å². The standard InChI is InChI=1S/C19H25NO/c1-14(20)12-15-8-5-6-11-18(15)21-17-10-7-9-16(13-17)19(2,3)4/h5-11,13-14H,12,20H2,1-4H3. The van der Waals surface area contributed by atoms with Gasteiger partial charge in [0.2, 0.25) is 0 Å². The molecule has 0 aliphatic rings. The summed E-state index contributed by atoms with van der Waals surface area (Å²) in [5.41, 5.74) is 8.44. The van der Waals surface area contributed by atoms with E-state index in [0.29, 0.717) is 0 Å². The first-order valence-electron chi connectivity index (χ1n) is 7.48. The van der Waals surface area contributed by atoms with Gasteiger partial charge < -0.3 is 10.5 Å². The highest BCUT2D eigenvalue weighted by atomic mass is 16.5. The smallest absolute Gasteiger partial charge is 0.130 e. The fourth-order valence-corrected chi connectivity index (χ4v) is 2.27. The van der Waals surface area contributed by atoms with Crippen molar-refractivity contribution in [2.45, 2.75) is 45.6 Å². The largest absolute Gasteiger partial charge is 0.457 e. The van der Waals surface area contributed by atoms with Gasteiger partial charge in [0.25, 0.3) is 0 Å². The molecule has 0 heterocycles. The lowest BCUT2D eigenvalue weighted by Crippen LogP contribution is -2.18. The Morgan fingerprint density at radius 2 is 1.76 bits per heavy atom. The van der Waals surface area contributed by atoms with Crippen LogP contribution in [0.15, 0.2) is 48.5 Å². The van der Waals surface area contributed by atoms with Crippen molar-refractivity contribution in [2.75, 3.05) is 0 Å². The molecule has 0 fully saturated rings. The van der Waals surface area contributed by atoms with Gasteiger partial charge in [-0.15, -0.1) is 0 Å². The predicted molar refractivity (Wildman–Crippen MR) is 89.0 cm³/mol. The number of hydrogen-bond donors (Lipinski definition) is 1. The fourth-order valence-electron chi connectivity index (χ4n) is 2.27. The number of para-hydroxylation sites is 1. The molecule has 1 unspecified atom stereocenters. The first-order valence-corrected chi connectivity index (χ1v) is 7.48. The van der Waals surface area contributed by atoms with Crippen LogP contribution < -0.4 is 10.5 Å². The molecule has 0 saturated heterocycles. The van der Waals surface area contributed by atoms with E-state index in [9.17, 15) is 0 Å². The molecule has 2 rings (SSSR count). The monoisotopic (exact) mass is 283 g/mol. The zero-order valence-corrected chi connectivity index (χ0v) is 13.4. The molecule has 21 heavy (non-hydrogen) atoms. The third-order valence-corrected chi connectivity index (χ3v) is 3.44. The van der Waals surface area contributed by atoms with E-state index in [0.717, 1.165) is 23.5 Å². The van der Waals surface area contributed by atoms with Crippen molar-refractivity contribution < 1.29 is 4.74 Å². The first kappa shape index (κ1) is 15.6. The van der Waals surface area contributed by atoms with E-state index in [4.69, 9.17) is 10.5 Å². The molecule has 2 nitrogen and oxygen atoms in total. The van der Waals surface area contributed by atoms with Crippen molar-refractivity contribution in [3.8, 4) is 11.5 Å². The third-order valence-electron chi connectivity index (χ3n) is 3.44. The van der Waals surface area contributed by atoms with Crippen LogP contribution in [0.1, 0.15) is 38.8 Å². The Hall–Kier alpha value is -1.80. The van der Waals surface area contributed by atoms with Gasteiger partial charge in [-0.1, -0.05) is 51.1 Å². The number of hydrogen-bond acceptors (Lipinski definition) is 2. The van der Waals surface area contributed by atoms with E-state index in [2.05, 4.69) is 39.0 Å². The fraction of sp³-hybridized carbons (Fsp3) is 0.368. The highest BCUT2D eigenvalue weighted by Gasteiger charge is 2.14. The molecular formula is C19H25NO. The summed E-state index contributed by atoms with van der Waals surface area (Å²) < 4.78 is 6.09. The summed E-state index contributed by atoms with van der Waals surface area (Å²) in [6.07, 6.45) is 0.815. The molecule has 0 radical (unpaired) electrons. The number of benzene rings is 2. The summed E-state index contributed by atoms with van der Waals surface area (Å²) in [4.78, 5) is 0. The Labute approximate surface area is 127 Å². The van der Waals surface area contributed by atoms with Gasteiger partial charge in [0, 0.05) is 6.04 Å². The minimum absolute atomic E-state index is 0.116. The molecular weight excluding hydrogens is 258 g/mol. The first-order chi connectivity index (χ1) is 9.86. The topological polar surface area (TPSA) is 35.2 Å². The van der Waals surface area contributed by atoms with Crippen LogP contribution in [0, 0.1) is 0 Å². The van der Waals surface area contributed by atoms with Crippen molar-refractivity contribution in [1.82, 2.24) is 0 Å². The molecule has 2 heteroatoms. The van der Waals surface area contributed by atoms with Crippen LogP contribution in [0.4, 0.5) is 0 Å². The van der Waals surface area contributed by atoms with Crippen LogP contribution in [0.2, 0.25) is 0 Å². The van der Waals surface area contributed by atoms with Crippen LogP contribution in [0.25, 0.3) is 0 Å². The Kier molecular flexibility index (Phi) is 4.69. The Balaban J connectivity index is 2.26. The van der Waals surface area contributed by atoms with Gasteiger partial charge in [-0.25, -0.2) is 0 Å². The summed E-state index contributed by atoms with van der Waals surface area (Å²) in [7, 11) is 0. The van der Waals surface area contributed by atoms with E-state index < -0.39 is 0 Å². The molecule has 0 aliphatic heterocycles. The van der Waals surface area contributed by atoms with E-state index in [1.165, 1.54) is 5.56 Å². The average Bonchev–Trinajstić information content (AvgIpc) is 2.40. The van der Waals surface area contributed by atoms with Gasteiger partial charge in [-0.05, 0) is 48.1 Å². The van der Waals surface area contributed by atoms with Gasteiger partial charge in [0.1, 0.15) is 11.5 Å². The van der Waals surface area contributed by atoms with Gasteiger partial charge >= 0.3 is 0 Å². The molecule has 2 aromatic carbocycles. The molecule has 1 atom stereocenters. The van der Waals surface area contributed by atoms with Gasteiger partial charge in [-0.2, -0.15) is 0 Å². The zero-order valence-electron chi connectivity index (χ0n) is 13.4. The van der Waals surface area contributed by atoms with Gasteiger partial charge in [0.05, 0.1) is 0 Å². The van der Waals surface area contributed by atoms with E-state index in [1.807, 2.05) is 37.3 Å². The van der Waals surface area contributed by atoms with Crippen molar-refractivity contribution in [3.63, 3.8) is 0 Å². The Bertz CT molecular complexity index is 597. The number of rotatable bonds is 4. The maximum absolute atomic E-state index is 6.09. The molecule has 0 amide bonds. The van der Waals surface area contributed by atoms with Crippen molar-refractivity contribution in [2.24, 2.45) is 5.73 Å². The Morgan fingerprint density at radius 1 is 1.05 bits per heavy atom. The van der Waals surface area contributed by atoms with Crippen molar-refractivity contribution >= 4 is 0 Å². The second-order valence-corrected chi connectivity index (χ2v) is 6.67. The maximum Gasteiger partial charge on any atom is 0.130 e.